The van der Waals surface area contributed by atoms with Gasteiger partial charge in [-0.25, -0.2) is 0 Å². The number of anilines is 2. The van der Waals surface area contributed by atoms with Crippen LogP contribution in [-0.2, 0) is 10.4 Å². The second-order valence-electron chi connectivity index (χ2n) is 6.45. The van der Waals surface area contributed by atoms with Crippen molar-refractivity contribution in [3.8, 4) is 22.6 Å². The number of nitrogen functional groups attached to an aromatic ring is 2. The third-order valence-corrected chi connectivity index (χ3v) is 4.83. The topological polar surface area (TPSA) is 105 Å². The molecule has 0 aliphatic heterocycles. The van der Waals surface area contributed by atoms with Crippen molar-refractivity contribution in [3.63, 3.8) is 0 Å². The van der Waals surface area contributed by atoms with Crippen LogP contribution in [0, 0.1) is 0 Å². The van der Waals surface area contributed by atoms with Crippen LogP contribution in [0.1, 0.15) is 0 Å². The maximum absolute atomic E-state index is 11.6. The van der Waals surface area contributed by atoms with E-state index in [0.717, 1.165) is 0 Å². The molecule has 6 nitrogen and oxygen atoms in total. The summed E-state index contributed by atoms with van der Waals surface area (Å²) in [7, 11) is -4.20. The lowest BCUT2D eigenvalue weighted by atomic mass is 10.1. The fourth-order valence-electron chi connectivity index (χ4n) is 2.56. The lowest BCUT2D eigenvalue weighted by molar-refractivity contribution is 0.392. The largest absolute Gasteiger partial charge is 0.500 e. The minimum absolute atomic E-state index is 0.115. The Hall–Kier alpha value is -3.97. The Balaban J connectivity index is 0.000000194. The molecule has 0 aliphatic carbocycles. The number of rotatable bonds is 5. The summed E-state index contributed by atoms with van der Waals surface area (Å²) in [6.07, 6.45) is 0. The van der Waals surface area contributed by atoms with Gasteiger partial charge < -0.3 is 19.8 Å². The van der Waals surface area contributed by atoms with Crippen molar-refractivity contribution in [1.82, 2.24) is 0 Å². The summed E-state index contributed by atoms with van der Waals surface area (Å²) in [6.45, 7) is 0. The Labute approximate surface area is 182 Å². The maximum Gasteiger partial charge on any atom is 0.500 e. The number of hydrogen-bond acceptors (Lipinski definition) is 6. The summed E-state index contributed by atoms with van der Waals surface area (Å²) < 4.78 is 32.8. The number of hydrogen-bond donors (Lipinski definition) is 2. The molecule has 0 fully saturated rings. The smallest absolute Gasteiger partial charge is 0.399 e. The van der Waals surface area contributed by atoms with Gasteiger partial charge in [0.15, 0.2) is 0 Å². The maximum atomic E-state index is 11.6. The first-order valence-electron chi connectivity index (χ1n) is 9.37. The van der Waals surface area contributed by atoms with Gasteiger partial charge >= 0.3 is 10.4 Å². The average molecular weight is 435 g/mol. The summed E-state index contributed by atoms with van der Waals surface area (Å²) in [5.41, 5.74) is 14.5. The molecular formula is C24H22N2O4S. The number of benzene rings is 4. The molecule has 4 N–H and O–H groups in total. The van der Waals surface area contributed by atoms with Crippen LogP contribution < -0.4 is 19.8 Å². The fraction of sp³-hybridized carbons (Fsp3) is 0. The lowest BCUT2D eigenvalue weighted by Crippen LogP contribution is -2.16. The Kier molecular flexibility index (Phi) is 7.13. The van der Waals surface area contributed by atoms with Gasteiger partial charge in [0.05, 0.1) is 0 Å². The molecule has 0 saturated heterocycles. The van der Waals surface area contributed by atoms with Crippen LogP contribution in [0.25, 0.3) is 11.1 Å². The van der Waals surface area contributed by atoms with Crippen molar-refractivity contribution >= 4 is 21.8 Å². The Morgan fingerprint density at radius 3 is 1.13 bits per heavy atom. The molecule has 4 aromatic carbocycles. The van der Waals surface area contributed by atoms with Gasteiger partial charge in [0, 0.05) is 11.4 Å². The monoisotopic (exact) mass is 434 g/mol. The first-order chi connectivity index (χ1) is 14.9. The molecule has 0 bridgehead atoms. The second kappa shape index (κ2) is 10.2. The van der Waals surface area contributed by atoms with E-state index in [1.165, 1.54) is 59.7 Å². The van der Waals surface area contributed by atoms with E-state index in [-0.39, 0.29) is 11.5 Å². The summed E-state index contributed by atoms with van der Waals surface area (Å²) >= 11 is 0. The molecule has 0 aromatic heterocycles. The van der Waals surface area contributed by atoms with Crippen molar-refractivity contribution in [1.29, 1.82) is 0 Å². The third-order valence-electron chi connectivity index (χ3n) is 4.04. The van der Waals surface area contributed by atoms with Crippen LogP contribution in [0.3, 0.4) is 0 Å². The van der Waals surface area contributed by atoms with Crippen molar-refractivity contribution in [2.45, 2.75) is 0 Å². The number of nitrogens with two attached hydrogens (primary N) is 2. The summed E-state index contributed by atoms with van der Waals surface area (Å²) in [5, 5.41) is 0. The zero-order valence-corrected chi connectivity index (χ0v) is 17.4. The van der Waals surface area contributed by atoms with Gasteiger partial charge in [0.2, 0.25) is 0 Å². The lowest BCUT2D eigenvalue weighted by Gasteiger charge is -2.08. The quantitative estimate of drug-likeness (QED) is 0.433. The van der Waals surface area contributed by atoms with Gasteiger partial charge in [-0.3, -0.25) is 0 Å². The average Bonchev–Trinajstić information content (AvgIpc) is 2.78. The van der Waals surface area contributed by atoms with E-state index < -0.39 is 10.4 Å². The van der Waals surface area contributed by atoms with Gasteiger partial charge in [0.1, 0.15) is 11.5 Å². The normalized spacial score (nSPS) is 10.5. The molecule has 158 valence electrons. The van der Waals surface area contributed by atoms with Gasteiger partial charge in [-0.1, -0.05) is 60.7 Å². The summed E-state index contributed by atoms with van der Waals surface area (Å²) in [6, 6.07) is 32.6. The molecule has 0 heterocycles. The predicted molar refractivity (Wildman–Crippen MR) is 124 cm³/mol. The van der Waals surface area contributed by atoms with Crippen LogP contribution in [0.15, 0.2) is 109 Å². The molecule has 0 amide bonds. The molecule has 7 heteroatoms. The second-order valence-corrected chi connectivity index (χ2v) is 7.59. The molecule has 0 unspecified atom stereocenters. The molecule has 4 rings (SSSR count). The van der Waals surface area contributed by atoms with Gasteiger partial charge in [0.25, 0.3) is 0 Å². The summed E-state index contributed by atoms with van der Waals surface area (Å²) in [5.74, 6) is 0.231. The van der Waals surface area contributed by atoms with Crippen molar-refractivity contribution in [2.75, 3.05) is 11.5 Å². The zero-order valence-electron chi connectivity index (χ0n) is 16.6. The van der Waals surface area contributed by atoms with E-state index >= 15 is 0 Å². The molecule has 0 aliphatic rings. The molecular weight excluding hydrogens is 412 g/mol. The zero-order chi connectivity index (χ0) is 22.1. The Bertz CT molecular complexity index is 1090. The van der Waals surface area contributed by atoms with Crippen LogP contribution >= 0.6 is 0 Å². The molecule has 0 spiro atoms. The summed E-state index contributed by atoms with van der Waals surface area (Å²) in [4.78, 5) is 0. The SMILES string of the molecule is Nc1ccc(OS(=O)(=O)Oc2ccc(N)cc2)cc1.c1ccc(-c2ccccc2)cc1. The molecule has 4 aromatic rings. The highest BCUT2D eigenvalue weighted by Gasteiger charge is 2.15. The van der Waals surface area contributed by atoms with E-state index in [0.29, 0.717) is 11.4 Å². The van der Waals surface area contributed by atoms with E-state index in [2.05, 4.69) is 48.5 Å². The molecule has 31 heavy (non-hydrogen) atoms. The van der Waals surface area contributed by atoms with Crippen molar-refractivity contribution in [3.05, 3.63) is 109 Å². The van der Waals surface area contributed by atoms with Gasteiger partial charge in [-0.2, -0.15) is 0 Å². The van der Waals surface area contributed by atoms with Gasteiger partial charge in [-0.15, -0.1) is 8.42 Å². The van der Waals surface area contributed by atoms with E-state index in [1.54, 1.807) is 0 Å². The Morgan fingerprint density at radius 1 is 0.484 bits per heavy atom. The van der Waals surface area contributed by atoms with E-state index in [1.807, 2.05) is 12.1 Å². The van der Waals surface area contributed by atoms with Crippen molar-refractivity contribution in [2.24, 2.45) is 0 Å². The van der Waals surface area contributed by atoms with E-state index in [4.69, 9.17) is 19.8 Å². The molecule has 0 radical (unpaired) electrons. The highest BCUT2D eigenvalue weighted by Crippen LogP contribution is 2.20. The van der Waals surface area contributed by atoms with Crippen LogP contribution in [0.5, 0.6) is 11.5 Å². The highest BCUT2D eigenvalue weighted by molar-refractivity contribution is 7.82. The standard InChI is InChI=1S/C12H12N2O4S.C12H10/c13-9-1-5-11(6-2-9)17-19(15,16)18-12-7-3-10(14)4-8-12;1-3-7-11(8-4-1)12-9-5-2-6-10-12/h1-8H,13-14H2;1-10H. The van der Waals surface area contributed by atoms with Crippen molar-refractivity contribution < 1.29 is 16.8 Å². The van der Waals surface area contributed by atoms with E-state index in [9.17, 15) is 8.42 Å². The first kappa shape index (κ1) is 21.7. The van der Waals surface area contributed by atoms with Crippen LogP contribution in [0.2, 0.25) is 0 Å². The fourth-order valence-corrected chi connectivity index (χ4v) is 3.29. The predicted octanol–water partition coefficient (Wildman–Crippen LogP) is 4.91. The first-order valence-corrected chi connectivity index (χ1v) is 10.7. The van der Waals surface area contributed by atoms with Crippen LogP contribution in [0.4, 0.5) is 11.4 Å². The molecule has 0 atom stereocenters. The third kappa shape index (κ3) is 7.09. The van der Waals surface area contributed by atoms with Crippen LogP contribution in [-0.4, -0.2) is 8.42 Å². The minimum atomic E-state index is -4.20. The minimum Gasteiger partial charge on any atom is -0.399 e. The van der Waals surface area contributed by atoms with Gasteiger partial charge in [-0.05, 0) is 59.7 Å². The Morgan fingerprint density at radius 2 is 0.806 bits per heavy atom. The molecule has 0 saturated carbocycles. The highest BCUT2D eigenvalue weighted by atomic mass is 32.3.